The van der Waals surface area contributed by atoms with Crippen LogP contribution in [0.3, 0.4) is 0 Å². The predicted molar refractivity (Wildman–Crippen MR) is 91.2 cm³/mol. The molecule has 0 unspecified atom stereocenters. The molecule has 0 spiro atoms. The fourth-order valence-electron chi connectivity index (χ4n) is 3.07. The highest BCUT2D eigenvalue weighted by Gasteiger charge is 2.35. The average molecular weight is 353 g/mol. The smallest absolute Gasteiger partial charge is 0.318 e. The van der Waals surface area contributed by atoms with E-state index in [0.717, 1.165) is 18.6 Å². The van der Waals surface area contributed by atoms with Gasteiger partial charge in [-0.2, -0.15) is 0 Å². The minimum absolute atomic E-state index is 0.0241. The van der Waals surface area contributed by atoms with Gasteiger partial charge in [-0.3, -0.25) is 9.69 Å². The van der Waals surface area contributed by atoms with Crippen LogP contribution in [0.1, 0.15) is 31.3 Å². The molecule has 1 aromatic heterocycles. The van der Waals surface area contributed by atoms with E-state index in [0.29, 0.717) is 18.8 Å². The summed E-state index contributed by atoms with van der Waals surface area (Å²) in [5.41, 5.74) is 0. The number of aliphatic hydroxyl groups excluding tert-OH is 1. The first-order valence-corrected chi connectivity index (χ1v) is 8.60. The van der Waals surface area contributed by atoms with Crippen LogP contribution in [0.4, 0.5) is 4.79 Å². The number of carbonyl (C=O) groups is 2. The lowest BCUT2D eigenvalue weighted by atomic mass is 9.85. The first kappa shape index (κ1) is 19.3. The van der Waals surface area contributed by atoms with Crippen LogP contribution in [0.2, 0.25) is 0 Å². The van der Waals surface area contributed by atoms with Gasteiger partial charge < -0.3 is 24.8 Å². The van der Waals surface area contributed by atoms with Gasteiger partial charge in [-0.1, -0.05) is 6.92 Å². The Bertz CT molecular complexity index is 583. The van der Waals surface area contributed by atoms with Crippen LogP contribution in [0.15, 0.2) is 16.5 Å². The number of carboxylic acid groups (broad SMARTS) is 1. The maximum atomic E-state index is 12.4. The van der Waals surface area contributed by atoms with Crippen LogP contribution in [0, 0.1) is 6.92 Å². The van der Waals surface area contributed by atoms with Crippen molar-refractivity contribution in [1.29, 1.82) is 0 Å². The first-order chi connectivity index (χ1) is 11.9. The summed E-state index contributed by atoms with van der Waals surface area (Å²) in [5, 5.41) is 21.1. The van der Waals surface area contributed by atoms with Crippen molar-refractivity contribution in [2.45, 2.75) is 45.3 Å². The summed E-state index contributed by atoms with van der Waals surface area (Å²) < 4.78 is 5.49. The number of carboxylic acids is 1. The average Bonchev–Trinajstić information content (AvgIpc) is 2.92. The zero-order valence-electron chi connectivity index (χ0n) is 14.8. The molecule has 8 nitrogen and oxygen atoms in total. The van der Waals surface area contributed by atoms with Gasteiger partial charge in [0.2, 0.25) is 0 Å². The quantitative estimate of drug-likeness (QED) is 0.612. The third-order valence-electron chi connectivity index (χ3n) is 4.50. The van der Waals surface area contributed by atoms with Crippen molar-refractivity contribution < 1.29 is 24.2 Å². The SMILES string of the molecule is CCN(CC(=O)O)C1CC(NC(=O)N(CCO)Cc2ccc(C)o2)C1. The second kappa shape index (κ2) is 8.87. The lowest BCUT2D eigenvalue weighted by Gasteiger charge is -2.42. The van der Waals surface area contributed by atoms with Crippen LogP contribution in [0.5, 0.6) is 0 Å². The van der Waals surface area contributed by atoms with Gasteiger partial charge in [0.25, 0.3) is 0 Å². The Labute approximate surface area is 147 Å². The van der Waals surface area contributed by atoms with Gasteiger partial charge in [-0.15, -0.1) is 0 Å². The monoisotopic (exact) mass is 353 g/mol. The predicted octanol–water partition coefficient (Wildman–Crippen LogP) is 1.03. The maximum absolute atomic E-state index is 12.4. The summed E-state index contributed by atoms with van der Waals surface area (Å²) in [6, 6.07) is 3.62. The Morgan fingerprint density at radius 2 is 2.08 bits per heavy atom. The summed E-state index contributed by atoms with van der Waals surface area (Å²) >= 11 is 0. The Balaban J connectivity index is 1.82. The number of nitrogens with zero attached hydrogens (tertiary/aromatic N) is 2. The molecule has 0 aromatic carbocycles. The molecule has 0 aliphatic heterocycles. The second-order valence-corrected chi connectivity index (χ2v) is 6.39. The van der Waals surface area contributed by atoms with Crippen molar-refractivity contribution in [3.63, 3.8) is 0 Å². The van der Waals surface area contributed by atoms with E-state index in [1.165, 1.54) is 4.90 Å². The Morgan fingerprint density at radius 3 is 2.60 bits per heavy atom. The minimum atomic E-state index is -0.836. The van der Waals surface area contributed by atoms with Crippen LogP contribution in [0.25, 0.3) is 0 Å². The fourth-order valence-corrected chi connectivity index (χ4v) is 3.07. The fraction of sp³-hybridized carbons (Fsp3) is 0.647. The molecule has 2 rings (SSSR count). The zero-order chi connectivity index (χ0) is 18.4. The normalized spacial score (nSPS) is 19.5. The second-order valence-electron chi connectivity index (χ2n) is 6.39. The van der Waals surface area contributed by atoms with Crippen molar-refractivity contribution in [3.8, 4) is 0 Å². The van der Waals surface area contributed by atoms with Crippen molar-refractivity contribution in [3.05, 3.63) is 23.7 Å². The molecule has 0 bridgehead atoms. The van der Waals surface area contributed by atoms with Crippen LogP contribution in [-0.2, 0) is 11.3 Å². The molecule has 1 aliphatic carbocycles. The van der Waals surface area contributed by atoms with E-state index in [1.54, 1.807) is 0 Å². The molecule has 3 N–H and O–H groups in total. The summed E-state index contributed by atoms with van der Waals surface area (Å²) in [5.74, 6) is 0.614. The van der Waals surface area contributed by atoms with E-state index in [2.05, 4.69) is 5.32 Å². The molecule has 0 atom stereocenters. The van der Waals surface area contributed by atoms with Gasteiger partial charge in [0, 0.05) is 18.6 Å². The third-order valence-corrected chi connectivity index (χ3v) is 4.50. The number of carbonyl (C=O) groups excluding carboxylic acids is 1. The van der Waals surface area contributed by atoms with E-state index < -0.39 is 5.97 Å². The highest BCUT2D eigenvalue weighted by Crippen LogP contribution is 2.25. The molecule has 8 heteroatoms. The van der Waals surface area contributed by atoms with Gasteiger partial charge in [0.1, 0.15) is 11.5 Å². The number of hydrogen-bond donors (Lipinski definition) is 3. The maximum Gasteiger partial charge on any atom is 0.318 e. The Hall–Kier alpha value is -2.06. The number of urea groups is 1. The standard InChI is InChI=1S/C17H27N3O5/c1-3-19(11-16(22)23)14-8-13(9-14)18-17(24)20(6-7-21)10-15-5-4-12(2)25-15/h4-5,13-14,21H,3,6-11H2,1-2H3,(H,18,24)(H,22,23). The molecule has 0 saturated heterocycles. The summed E-state index contributed by atoms with van der Waals surface area (Å²) in [4.78, 5) is 26.7. The lowest BCUT2D eigenvalue weighted by molar-refractivity contribution is -0.139. The number of furan rings is 1. The molecule has 2 amide bonds. The number of aliphatic carboxylic acids is 1. The molecule has 1 aliphatic rings. The van der Waals surface area contributed by atoms with E-state index in [-0.39, 0.29) is 37.8 Å². The van der Waals surface area contributed by atoms with Gasteiger partial charge in [0.15, 0.2) is 0 Å². The third kappa shape index (κ3) is 5.47. The molecule has 1 aromatic rings. The van der Waals surface area contributed by atoms with Gasteiger partial charge in [-0.05, 0) is 38.4 Å². The first-order valence-electron chi connectivity index (χ1n) is 8.60. The number of hydrogen-bond acceptors (Lipinski definition) is 5. The molecular formula is C17H27N3O5. The summed E-state index contributed by atoms with van der Waals surface area (Å²) in [6.45, 7) is 4.87. The molecule has 140 valence electrons. The minimum Gasteiger partial charge on any atom is -0.480 e. The van der Waals surface area contributed by atoms with E-state index in [4.69, 9.17) is 9.52 Å². The Kier molecular flexibility index (Phi) is 6.83. The summed E-state index contributed by atoms with van der Waals surface area (Å²) in [7, 11) is 0. The number of aliphatic hydroxyl groups is 1. The largest absolute Gasteiger partial charge is 0.480 e. The Morgan fingerprint density at radius 1 is 1.36 bits per heavy atom. The van der Waals surface area contributed by atoms with Crippen LogP contribution >= 0.6 is 0 Å². The molecular weight excluding hydrogens is 326 g/mol. The van der Waals surface area contributed by atoms with Crippen LogP contribution in [-0.4, -0.2) is 70.3 Å². The van der Waals surface area contributed by atoms with Gasteiger partial charge in [0.05, 0.1) is 19.7 Å². The van der Waals surface area contributed by atoms with Gasteiger partial charge >= 0.3 is 12.0 Å². The van der Waals surface area contributed by atoms with Crippen molar-refractivity contribution in [2.24, 2.45) is 0 Å². The topological polar surface area (TPSA) is 106 Å². The van der Waals surface area contributed by atoms with E-state index >= 15 is 0 Å². The molecule has 1 fully saturated rings. The highest BCUT2D eigenvalue weighted by molar-refractivity contribution is 5.74. The lowest BCUT2D eigenvalue weighted by Crippen LogP contribution is -2.56. The zero-order valence-corrected chi connectivity index (χ0v) is 14.8. The van der Waals surface area contributed by atoms with E-state index in [9.17, 15) is 14.7 Å². The molecule has 1 saturated carbocycles. The number of amides is 2. The summed E-state index contributed by atoms with van der Waals surface area (Å²) in [6.07, 6.45) is 1.47. The number of likely N-dealkylation sites (N-methyl/N-ethyl adjacent to an activating group) is 1. The van der Waals surface area contributed by atoms with Crippen LogP contribution < -0.4 is 5.32 Å². The highest BCUT2D eigenvalue weighted by atomic mass is 16.4. The van der Waals surface area contributed by atoms with E-state index in [1.807, 2.05) is 30.9 Å². The number of nitrogens with one attached hydrogen (secondary N) is 1. The number of aryl methyl sites for hydroxylation is 1. The van der Waals surface area contributed by atoms with Gasteiger partial charge in [-0.25, -0.2) is 4.79 Å². The molecule has 1 heterocycles. The molecule has 25 heavy (non-hydrogen) atoms. The van der Waals surface area contributed by atoms with Crippen molar-refractivity contribution in [2.75, 3.05) is 26.2 Å². The van der Waals surface area contributed by atoms with Crippen molar-refractivity contribution >= 4 is 12.0 Å². The molecule has 0 radical (unpaired) electrons. The number of rotatable bonds is 9. The van der Waals surface area contributed by atoms with Crippen molar-refractivity contribution in [1.82, 2.24) is 15.1 Å².